The maximum absolute atomic E-state index is 6.31. The predicted molar refractivity (Wildman–Crippen MR) is 113 cm³/mol. The molecule has 0 amide bonds. The highest BCUT2D eigenvalue weighted by atomic mass is 16.5. The van der Waals surface area contributed by atoms with Gasteiger partial charge in [0.05, 0.1) is 11.9 Å². The second-order valence-corrected chi connectivity index (χ2v) is 9.19. The number of pyridine rings is 1. The lowest BCUT2D eigenvalue weighted by atomic mass is 9.70. The van der Waals surface area contributed by atoms with E-state index in [0.717, 1.165) is 44.8 Å². The van der Waals surface area contributed by atoms with Crippen LogP contribution in [-0.2, 0) is 16.8 Å². The zero-order valence-electron chi connectivity index (χ0n) is 18.4. The normalized spacial score (nSPS) is 21.4. The molecule has 0 saturated carbocycles. The molecule has 2 aromatic heterocycles. The second kappa shape index (κ2) is 7.96. The lowest BCUT2D eigenvalue weighted by Crippen LogP contribution is -2.50. The van der Waals surface area contributed by atoms with Crippen LogP contribution in [0.2, 0.25) is 0 Å². The Hall–Kier alpha value is -1.72. The minimum Gasteiger partial charge on any atom is -0.375 e. The van der Waals surface area contributed by atoms with Crippen molar-refractivity contribution in [3.8, 4) is 0 Å². The number of aryl methyl sites for hydroxylation is 2. The van der Waals surface area contributed by atoms with Gasteiger partial charge in [0.1, 0.15) is 0 Å². The average Bonchev–Trinajstić information content (AvgIpc) is 3.31. The van der Waals surface area contributed by atoms with E-state index < -0.39 is 0 Å². The summed E-state index contributed by atoms with van der Waals surface area (Å²) in [6, 6.07) is 4.34. The first-order chi connectivity index (χ1) is 13.2. The van der Waals surface area contributed by atoms with Gasteiger partial charge in [-0.3, -0.25) is 9.88 Å². The molecule has 154 valence electrons. The summed E-state index contributed by atoms with van der Waals surface area (Å²) in [4.78, 5) is 11.4. The molecule has 1 saturated heterocycles. The Morgan fingerprint density at radius 2 is 2.00 bits per heavy atom. The molecule has 0 aromatic carbocycles. The van der Waals surface area contributed by atoms with Crippen molar-refractivity contribution >= 4 is 0 Å². The Morgan fingerprint density at radius 1 is 1.21 bits per heavy atom. The van der Waals surface area contributed by atoms with Gasteiger partial charge in [0, 0.05) is 54.9 Å². The molecule has 0 aliphatic carbocycles. The Labute approximate surface area is 170 Å². The standard InChI is InChI=1S/C23H36N4O/c1-7-28-22(5,6)23(10-13-26-15-12-24-18-26)11-14-27(17-23)21(3,4)20-9-8-19(2)25-16-20/h8-9,12,15-16,18H,7,10-11,13-14,17H2,1-6H3/t23-/m1/s1. The van der Waals surface area contributed by atoms with Crippen molar-refractivity contribution in [2.45, 2.75) is 72.1 Å². The quantitative estimate of drug-likeness (QED) is 0.676. The van der Waals surface area contributed by atoms with Crippen LogP contribution < -0.4 is 0 Å². The van der Waals surface area contributed by atoms with Crippen LogP contribution in [0.5, 0.6) is 0 Å². The Bertz CT molecular complexity index is 751. The van der Waals surface area contributed by atoms with Gasteiger partial charge in [-0.1, -0.05) is 6.07 Å². The molecule has 0 N–H and O–H groups in total. The summed E-state index contributed by atoms with van der Waals surface area (Å²) in [5.41, 5.74) is 2.20. The van der Waals surface area contributed by atoms with E-state index in [9.17, 15) is 0 Å². The summed E-state index contributed by atoms with van der Waals surface area (Å²) in [6.07, 6.45) is 10.1. The monoisotopic (exact) mass is 384 g/mol. The molecule has 0 spiro atoms. The molecule has 1 aliphatic rings. The van der Waals surface area contributed by atoms with Gasteiger partial charge >= 0.3 is 0 Å². The molecule has 3 rings (SSSR count). The van der Waals surface area contributed by atoms with Gasteiger partial charge in [-0.25, -0.2) is 4.98 Å². The van der Waals surface area contributed by atoms with E-state index >= 15 is 0 Å². The van der Waals surface area contributed by atoms with Crippen LogP contribution in [0.1, 0.15) is 58.7 Å². The molecule has 2 aromatic rings. The summed E-state index contributed by atoms with van der Waals surface area (Å²) in [6.45, 7) is 17.1. The number of likely N-dealkylation sites (tertiary alicyclic amines) is 1. The van der Waals surface area contributed by atoms with Gasteiger partial charge < -0.3 is 9.30 Å². The summed E-state index contributed by atoms with van der Waals surface area (Å²) in [5.74, 6) is 0. The summed E-state index contributed by atoms with van der Waals surface area (Å²) < 4.78 is 8.49. The third-order valence-electron chi connectivity index (χ3n) is 6.95. The first kappa shape index (κ1) is 21.0. The molecule has 0 bridgehead atoms. The van der Waals surface area contributed by atoms with E-state index in [1.165, 1.54) is 5.56 Å². The first-order valence-electron chi connectivity index (χ1n) is 10.5. The van der Waals surface area contributed by atoms with Crippen molar-refractivity contribution in [3.63, 3.8) is 0 Å². The lowest BCUT2D eigenvalue weighted by molar-refractivity contribution is -0.111. The number of hydrogen-bond acceptors (Lipinski definition) is 4. The van der Waals surface area contributed by atoms with E-state index in [-0.39, 0.29) is 16.6 Å². The highest BCUT2D eigenvalue weighted by Crippen LogP contribution is 2.48. The minimum atomic E-state index is -0.182. The number of rotatable bonds is 8. The fraction of sp³-hybridized carbons (Fsp3) is 0.652. The van der Waals surface area contributed by atoms with Crippen molar-refractivity contribution < 1.29 is 4.74 Å². The Morgan fingerprint density at radius 3 is 2.61 bits per heavy atom. The van der Waals surface area contributed by atoms with E-state index in [0.29, 0.717) is 0 Å². The molecular formula is C23H36N4O. The van der Waals surface area contributed by atoms with Crippen LogP contribution >= 0.6 is 0 Å². The predicted octanol–water partition coefficient (Wildman–Crippen LogP) is 4.42. The van der Waals surface area contributed by atoms with Crippen LogP contribution in [0, 0.1) is 12.3 Å². The number of ether oxygens (including phenoxy) is 1. The van der Waals surface area contributed by atoms with E-state index in [4.69, 9.17) is 4.74 Å². The molecule has 5 heteroatoms. The highest BCUT2D eigenvalue weighted by molar-refractivity contribution is 5.22. The van der Waals surface area contributed by atoms with E-state index in [2.05, 4.69) is 72.4 Å². The molecule has 0 radical (unpaired) electrons. The lowest BCUT2D eigenvalue weighted by Gasteiger charge is -2.46. The zero-order chi connectivity index (χ0) is 20.4. The van der Waals surface area contributed by atoms with E-state index in [1.807, 2.05) is 25.6 Å². The maximum Gasteiger partial charge on any atom is 0.0945 e. The molecule has 5 nitrogen and oxygen atoms in total. The van der Waals surface area contributed by atoms with Gasteiger partial charge in [-0.15, -0.1) is 0 Å². The van der Waals surface area contributed by atoms with E-state index in [1.54, 1.807) is 0 Å². The topological polar surface area (TPSA) is 43.2 Å². The van der Waals surface area contributed by atoms with Crippen molar-refractivity contribution in [3.05, 3.63) is 48.3 Å². The fourth-order valence-corrected chi connectivity index (χ4v) is 4.63. The van der Waals surface area contributed by atoms with Crippen LogP contribution in [0.4, 0.5) is 0 Å². The number of hydrogen-bond donors (Lipinski definition) is 0. The molecule has 1 fully saturated rings. The minimum absolute atomic E-state index is 0.0558. The maximum atomic E-state index is 6.31. The highest BCUT2D eigenvalue weighted by Gasteiger charge is 2.52. The van der Waals surface area contributed by atoms with Crippen molar-refractivity contribution in [1.29, 1.82) is 0 Å². The smallest absolute Gasteiger partial charge is 0.0945 e. The van der Waals surface area contributed by atoms with Crippen LogP contribution in [0.3, 0.4) is 0 Å². The first-order valence-corrected chi connectivity index (χ1v) is 10.5. The van der Waals surface area contributed by atoms with Gasteiger partial charge in [0.15, 0.2) is 0 Å². The van der Waals surface area contributed by atoms with Crippen LogP contribution in [0.15, 0.2) is 37.1 Å². The zero-order valence-corrected chi connectivity index (χ0v) is 18.4. The van der Waals surface area contributed by atoms with Gasteiger partial charge in [0.25, 0.3) is 0 Å². The summed E-state index contributed by atoms with van der Waals surface area (Å²) in [5, 5.41) is 0. The van der Waals surface area contributed by atoms with Crippen molar-refractivity contribution in [1.82, 2.24) is 19.4 Å². The number of aromatic nitrogens is 3. The molecule has 0 unspecified atom stereocenters. The Kier molecular flexibility index (Phi) is 5.97. The molecule has 3 heterocycles. The van der Waals surface area contributed by atoms with Crippen molar-refractivity contribution in [2.75, 3.05) is 19.7 Å². The van der Waals surface area contributed by atoms with Crippen LogP contribution in [0.25, 0.3) is 0 Å². The molecule has 1 aliphatic heterocycles. The van der Waals surface area contributed by atoms with Gasteiger partial charge in [-0.05, 0) is 72.6 Å². The fourth-order valence-electron chi connectivity index (χ4n) is 4.63. The largest absolute Gasteiger partial charge is 0.375 e. The molecule has 1 atom stereocenters. The number of imidazole rings is 1. The average molecular weight is 385 g/mol. The van der Waals surface area contributed by atoms with Crippen molar-refractivity contribution in [2.24, 2.45) is 5.41 Å². The van der Waals surface area contributed by atoms with Crippen LogP contribution in [-0.4, -0.2) is 44.7 Å². The Balaban J connectivity index is 1.84. The van der Waals surface area contributed by atoms with Gasteiger partial charge in [0.2, 0.25) is 0 Å². The van der Waals surface area contributed by atoms with Gasteiger partial charge in [-0.2, -0.15) is 0 Å². The third-order valence-corrected chi connectivity index (χ3v) is 6.95. The molecule has 28 heavy (non-hydrogen) atoms. The number of nitrogens with zero attached hydrogens (tertiary/aromatic N) is 4. The molecular weight excluding hydrogens is 348 g/mol. The summed E-state index contributed by atoms with van der Waals surface area (Å²) >= 11 is 0. The summed E-state index contributed by atoms with van der Waals surface area (Å²) in [7, 11) is 0. The SMILES string of the molecule is CCOC(C)(C)[C@]1(CCn2ccnc2)CCN(C(C)(C)c2ccc(C)nc2)C1. The second-order valence-electron chi connectivity index (χ2n) is 9.19. The third kappa shape index (κ3) is 4.01.